The van der Waals surface area contributed by atoms with Gasteiger partial charge in [-0.1, -0.05) is 11.6 Å². The van der Waals surface area contributed by atoms with E-state index in [2.05, 4.69) is 19.9 Å². The van der Waals surface area contributed by atoms with Crippen LogP contribution in [0.15, 0.2) is 53.7 Å². The molecule has 202 valence electrons. The van der Waals surface area contributed by atoms with Gasteiger partial charge in [-0.2, -0.15) is 0 Å². The predicted molar refractivity (Wildman–Crippen MR) is 142 cm³/mol. The fourth-order valence-corrected chi connectivity index (χ4v) is 3.73. The molecule has 0 aliphatic heterocycles. The standard InChI is InChI=1S/C25H22BClFN5O4.CH3F/c1-13-11-30-17(16-7-8-29-23(32-16)24(3,4)35)10-18(13)33-14(2)9-19(21(27)22(33)34)37-25(26,36)20-6-5-15(28)12-31-20;1-2/h5-12,35-36H,1-4H3;1H3. The van der Waals surface area contributed by atoms with Crippen molar-refractivity contribution in [2.24, 2.45) is 0 Å². The number of pyridine rings is 3. The third-order valence-corrected chi connectivity index (χ3v) is 5.79. The molecule has 2 radical (unpaired) electrons. The maximum atomic E-state index is 13.3. The van der Waals surface area contributed by atoms with Crippen LogP contribution in [0.25, 0.3) is 17.1 Å². The van der Waals surface area contributed by atoms with Crippen molar-refractivity contribution in [2.45, 2.75) is 39.0 Å². The van der Waals surface area contributed by atoms with Crippen LogP contribution in [0.4, 0.5) is 8.78 Å². The molecule has 4 rings (SSSR count). The second-order valence-corrected chi connectivity index (χ2v) is 9.32. The van der Waals surface area contributed by atoms with Crippen LogP contribution in [0.5, 0.6) is 5.75 Å². The quantitative estimate of drug-likeness (QED) is 0.273. The molecule has 4 aromatic rings. The van der Waals surface area contributed by atoms with Gasteiger partial charge >= 0.3 is 0 Å². The van der Waals surface area contributed by atoms with Gasteiger partial charge in [0.1, 0.15) is 27.9 Å². The van der Waals surface area contributed by atoms with Gasteiger partial charge < -0.3 is 14.9 Å². The lowest BCUT2D eigenvalue weighted by atomic mass is 9.90. The summed E-state index contributed by atoms with van der Waals surface area (Å²) in [6.45, 7) is 6.57. The average molecular weight is 556 g/mol. The van der Waals surface area contributed by atoms with Gasteiger partial charge in [0.05, 0.1) is 30.4 Å². The van der Waals surface area contributed by atoms with Gasteiger partial charge in [-0.15, -0.1) is 0 Å². The van der Waals surface area contributed by atoms with E-state index in [-0.39, 0.29) is 22.3 Å². The number of nitrogens with zero attached hydrogens (tertiary/aromatic N) is 5. The molecule has 4 aromatic heterocycles. The second kappa shape index (κ2) is 11.6. The van der Waals surface area contributed by atoms with Gasteiger partial charge in [-0.05, 0) is 57.5 Å². The largest absolute Gasteiger partial charge is 0.465 e. The summed E-state index contributed by atoms with van der Waals surface area (Å²) in [4.78, 5) is 30.0. The van der Waals surface area contributed by atoms with E-state index >= 15 is 0 Å². The van der Waals surface area contributed by atoms with Crippen molar-refractivity contribution in [3.8, 4) is 22.8 Å². The average Bonchev–Trinajstić information content (AvgIpc) is 2.89. The lowest BCUT2D eigenvalue weighted by molar-refractivity contribution is -0.0710. The molecule has 0 aliphatic carbocycles. The maximum absolute atomic E-state index is 13.3. The summed E-state index contributed by atoms with van der Waals surface area (Å²) in [5.74, 6) is -0.591. The van der Waals surface area contributed by atoms with E-state index in [0.29, 0.717) is 35.5 Å². The van der Waals surface area contributed by atoms with Crippen molar-refractivity contribution in [3.63, 3.8) is 0 Å². The molecular formula is C26H25BClF2N5O4. The molecule has 0 amide bonds. The molecule has 1 unspecified atom stereocenters. The number of rotatable bonds is 6. The number of hydrogen-bond acceptors (Lipinski definition) is 8. The van der Waals surface area contributed by atoms with E-state index in [4.69, 9.17) is 24.2 Å². The normalized spacial score (nSPS) is 12.8. The van der Waals surface area contributed by atoms with Crippen molar-refractivity contribution in [1.29, 1.82) is 0 Å². The molecule has 4 heterocycles. The number of aromatic nitrogens is 5. The van der Waals surface area contributed by atoms with Crippen LogP contribution in [0, 0.1) is 19.7 Å². The molecule has 2 N–H and O–H groups in total. The molecule has 0 bridgehead atoms. The van der Waals surface area contributed by atoms with Crippen molar-refractivity contribution in [3.05, 3.63) is 92.9 Å². The summed E-state index contributed by atoms with van der Waals surface area (Å²) in [6, 6.07) is 6.94. The van der Waals surface area contributed by atoms with Crippen LogP contribution in [0.2, 0.25) is 5.02 Å². The Hall–Kier alpha value is -3.74. The molecule has 9 nitrogen and oxygen atoms in total. The van der Waals surface area contributed by atoms with Gasteiger partial charge in [0.2, 0.25) is 0 Å². The highest BCUT2D eigenvalue weighted by molar-refractivity contribution is 6.32. The smallest absolute Gasteiger partial charge is 0.277 e. The fraction of sp³-hybridized carbons (Fsp3) is 0.269. The van der Waals surface area contributed by atoms with E-state index in [9.17, 15) is 23.8 Å². The fourth-order valence-electron chi connectivity index (χ4n) is 3.55. The minimum Gasteiger partial charge on any atom is -0.465 e. The van der Waals surface area contributed by atoms with Gasteiger partial charge in [0, 0.05) is 24.2 Å². The zero-order chi connectivity index (χ0) is 29.1. The highest BCUT2D eigenvalue weighted by Gasteiger charge is 2.29. The van der Waals surface area contributed by atoms with Gasteiger partial charge in [0.15, 0.2) is 19.4 Å². The van der Waals surface area contributed by atoms with E-state index < -0.39 is 22.7 Å². The summed E-state index contributed by atoms with van der Waals surface area (Å²) in [6.07, 6.45) is 3.97. The number of alkyl halides is 1. The summed E-state index contributed by atoms with van der Waals surface area (Å²) in [5, 5.41) is 20.5. The minimum atomic E-state index is -2.48. The molecule has 0 aromatic carbocycles. The van der Waals surface area contributed by atoms with Crippen LogP contribution in [-0.2, 0) is 11.3 Å². The zero-order valence-electron chi connectivity index (χ0n) is 21.8. The first-order valence-electron chi connectivity index (χ1n) is 11.4. The first-order chi connectivity index (χ1) is 18.3. The summed E-state index contributed by atoms with van der Waals surface area (Å²) in [5.41, 5.74) is -2.11. The molecule has 0 spiro atoms. The Balaban J connectivity index is 0.00000205. The van der Waals surface area contributed by atoms with E-state index in [0.717, 1.165) is 18.3 Å². The van der Waals surface area contributed by atoms with Crippen LogP contribution in [0.3, 0.4) is 0 Å². The van der Waals surface area contributed by atoms with Gasteiger partial charge in [0.25, 0.3) is 5.56 Å². The zero-order valence-corrected chi connectivity index (χ0v) is 22.5. The molecular weight excluding hydrogens is 531 g/mol. The number of hydrogen-bond donors (Lipinski definition) is 2. The van der Waals surface area contributed by atoms with Gasteiger partial charge in [-0.3, -0.25) is 23.7 Å². The first-order valence-corrected chi connectivity index (χ1v) is 11.8. The highest BCUT2D eigenvalue weighted by atomic mass is 35.5. The number of ether oxygens (including phenoxy) is 1. The Labute approximate surface area is 229 Å². The third-order valence-electron chi connectivity index (χ3n) is 5.44. The van der Waals surface area contributed by atoms with Crippen molar-refractivity contribution >= 4 is 19.4 Å². The SMILES string of the molecule is CF.[B]C(O)(Oc1cc(C)n(-c2cc(-c3ccnc(C(C)(C)O)n3)ncc2C)c(=O)c1Cl)c1ccc(F)cn1. The van der Waals surface area contributed by atoms with Gasteiger partial charge in [-0.25, -0.2) is 14.4 Å². The maximum Gasteiger partial charge on any atom is 0.277 e. The summed E-state index contributed by atoms with van der Waals surface area (Å²) < 4.78 is 29.5. The molecule has 0 fully saturated rings. The van der Waals surface area contributed by atoms with Crippen LogP contribution in [0.1, 0.15) is 36.6 Å². The summed E-state index contributed by atoms with van der Waals surface area (Å²) >= 11 is 6.35. The van der Waals surface area contributed by atoms with Crippen LogP contribution < -0.4 is 10.3 Å². The van der Waals surface area contributed by atoms with Crippen molar-refractivity contribution in [2.75, 3.05) is 7.18 Å². The Kier molecular flexibility index (Phi) is 8.84. The highest BCUT2D eigenvalue weighted by Crippen LogP contribution is 2.30. The molecule has 0 aliphatic rings. The third kappa shape index (κ3) is 6.47. The van der Waals surface area contributed by atoms with E-state index in [1.165, 1.54) is 16.8 Å². The predicted octanol–water partition coefficient (Wildman–Crippen LogP) is 3.66. The molecule has 39 heavy (non-hydrogen) atoms. The number of aryl methyl sites for hydroxylation is 2. The molecule has 1 atom stereocenters. The monoisotopic (exact) mass is 555 g/mol. The van der Waals surface area contributed by atoms with Crippen molar-refractivity contribution in [1.82, 2.24) is 24.5 Å². The topological polar surface area (TPSA) is 123 Å². The Morgan fingerprint density at radius 1 is 1.03 bits per heavy atom. The molecule has 0 saturated heterocycles. The van der Waals surface area contributed by atoms with Crippen molar-refractivity contribution < 1.29 is 23.7 Å². The lowest BCUT2D eigenvalue weighted by Crippen LogP contribution is -2.35. The summed E-state index contributed by atoms with van der Waals surface area (Å²) in [7, 11) is 6.33. The first kappa shape index (κ1) is 29.8. The van der Waals surface area contributed by atoms with E-state index in [1.807, 2.05) is 0 Å². The number of halogens is 3. The van der Waals surface area contributed by atoms with E-state index in [1.54, 1.807) is 46.0 Å². The lowest BCUT2D eigenvalue weighted by Gasteiger charge is -2.26. The Morgan fingerprint density at radius 3 is 2.33 bits per heavy atom. The van der Waals surface area contributed by atoms with Crippen LogP contribution >= 0.6 is 11.6 Å². The molecule has 0 saturated carbocycles. The minimum absolute atomic E-state index is 0.184. The second-order valence-electron chi connectivity index (χ2n) is 8.95. The Bertz CT molecular complexity index is 1540. The van der Waals surface area contributed by atoms with Crippen LogP contribution in [-0.4, -0.2) is 49.7 Å². The molecule has 13 heteroatoms. The number of aliphatic hydroxyl groups is 2. The Morgan fingerprint density at radius 2 is 1.72 bits per heavy atom.